The van der Waals surface area contributed by atoms with E-state index in [1.54, 1.807) is 13.0 Å². The Labute approximate surface area is 92.8 Å². The predicted molar refractivity (Wildman–Crippen MR) is 57.4 cm³/mol. The van der Waals surface area contributed by atoms with Gasteiger partial charge in [0.2, 0.25) is 5.91 Å². The van der Waals surface area contributed by atoms with Crippen molar-refractivity contribution < 1.29 is 19.4 Å². The molecular formula is C11H13NO4. The van der Waals surface area contributed by atoms with E-state index in [1.165, 1.54) is 12.1 Å². The number of ether oxygens (including phenoxy) is 1. The summed E-state index contributed by atoms with van der Waals surface area (Å²) in [6, 6.07) is 4.58. The molecule has 0 aliphatic heterocycles. The summed E-state index contributed by atoms with van der Waals surface area (Å²) in [5, 5.41) is 8.78. The molecule has 0 saturated heterocycles. The average Bonchev–Trinajstić information content (AvgIpc) is 2.20. The molecule has 1 rings (SSSR count). The van der Waals surface area contributed by atoms with Gasteiger partial charge in [-0.15, -0.1) is 0 Å². The molecule has 86 valence electrons. The second-order valence-electron chi connectivity index (χ2n) is 3.35. The van der Waals surface area contributed by atoms with E-state index in [0.29, 0.717) is 5.75 Å². The van der Waals surface area contributed by atoms with Crippen LogP contribution in [0.15, 0.2) is 18.2 Å². The minimum absolute atomic E-state index is 0.108. The van der Waals surface area contributed by atoms with Crippen molar-refractivity contribution in [3.63, 3.8) is 0 Å². The molecule has 5 nitrogen and oxygen atoms in total. The van der Waals surface area contributed by atoms with Crippen LogP contribution in [-0.4, -0.2) is 23.6 Å². The third-order valence-electron chi connectivity index (χ3n) is 2.04. The molecule has 3 N–H and O–H groups in total. The number of carbonyl (C=O) groups is 2. The second kappa shape index (κ2) is 5.16. The smallest absolute Gasteiger partial charge is 0.335 e. The molecule has 0 atom stereocenters. The Bertz CT molecular complexity index is 414. The van der Waals surface area contributed by atoms with E-state index in [2.05, 4.69) is 0 Å². The van der Waals surface area contributed by atoms with E-state index >= 15 is 0 Å². The first kappa shape index (κ1) is 12.0. The first-order chi connectivity index (χ1) is 7.50. The van der Waals surface area contributed by atoms with Gasteiger partial charge in [0.25, 0.3) is 0 Å². The molecule has 5 heteroatoms. The van der Waals surface area contributed by atoms with E-state index in [1.807, 2.05) is 0 Å². The molecule has 1 amide bonds. The van der Waals surface area contributed by atoms with Gasteiger partial charge in [0.15, 0.2) is 0 Å². The number of benzene rings is 1. The second-order valence-corrected chi connectivity index (χ2v) is 3.35. The van der Waals surface area contributed by atoms with Crippen LogP contribution in [-0.2, 0) is 4.79 Å². The highest BCUT2D eigenvalue weighted by molar-refractivity contribution is 5.88. The van der Waals surface area contributed by atoms with E-state index in [9.17, 15) is 9.59 Å². The molecule has 0 unspecified atom stereocenters. The van der Waals surface area contributed by atoms with Crippen LogP contribution < -0.4 is 10.5 Å². The minimum Gasteiger partial charge on any atom is -0.493 e. The Morgan fingerprint density at radius 3 is 2.69 bits per heavy atom. The number of primary amides is 1. The van der Waals surface area contributed by atoms with Crippen molar-refractivity contribution in [1.82, 2.24) is 0 Å². The van der Waals surface area contributed by atoms with Gasteiger partial charge in [-0.2, -0.15) is 0 Å². The normalized spacial score (nSPS) is 9.81. The molecule has 0 saturated carbocycles. The van der Waals surface area contributed by atoms with Crippen molar-refractivity contribution in [2.75, 3.05) is 6.61 Å². The van der Waals surface area contributed by atoms with E-state index in [4.69, 9.17) is 15.6 Å². The fraction of sp³-hybridized carbons (Fsp3) is 0.273. The van der Waals surface area contributed by atoms with Crippen molar-refractivity contribution in [2.45, 2.75) is 13.3 Å². The summed E-state index contributed by atoms with van der Waals surface area (Å²) in [6.07, 6.45) is 0.108. The van der Waals surface area contributed by atoms with Crippen molar-refractivity contribution in [3.05, 3.63) is 29.3 Å². The van der Waals surface area contributed by atoms with Crippen LogP contribution >= 0.6 is 0 Å². The Hall–Kier alpha value is -2.04. The molecule has 0 heterocycles. The van der Waals surface area contributed by atoms with Crippen LogP contribution in [0.25, 0.3) is 0 Å². The molecule has 0 fully saturated rings. The Morgan fingerprint density at radius 1 is 1.44 bits per heavy atom. The van der Waals surface area contributed by atoms with Gasteiger partial charge in [0.1, 0.15) is 5.75 Å². The van der Waals surface area contributed by atoms with Crippen LogP contribution in [0.4, 0.5) is 0 Å². The maximum absolute atomic E-state index is 10.7. The van der Waals surface area contributed by atoms with Gasteiger partial charge in [0, 0.05) is 0 Å². The lowest BCUT2D eigenvalue weighted by molar-refractivity contribution is -0.118. The van der Waals surface area contributed by atoms with Gasteiger partial charge in [-0.3, -0.25) is 4.79 Å². The molecule has 0 bridgehead atoms. The first-order valence-corrected chi connectivity index (χ1v) is 4.75. The zero-order valence-electron chi connectivity index (χ0n) is 8.90. The lowest BCUT2D eigenvalue weighted by Crippen LogP contribution is -2.15. The minimum atomic E-state index is -1.01. The summed E-state index contributed by atoms with van der Waals surface area (Å²) >= 11 is 0. The zero-order chi connectivity index (χ0) is 12.1. The third kappa shape index (κ3) is 3.27. The number of aromatic carboxylic acids is 1. The number of rotatable bonds is 5. The van der Waals surface area contributed by atoms with Gasteiger partial charge in [0.05, 0.1) is 18.6 Å². The SMILES string of the molecule is Cc1ccc(C(=O)O)cc1OCCC(N)=O. The summed E-state index contributed by atoms with van der Waals surface area (Å²) in [6.45, 7) is 1.95. The molecule has 1 aromatic rings. The summed E-state index contributed by atoms with van der Waals surface area (Å²) < 4.78 is 5.27. The number of carboxylic acids is 1. The van der Waals surface area contributed by atoms with E-state index in [-0.39, 0.29) is 18.6 Å². The maximum Gasteiger partial charge on any atom is 0.335 e. The summed E-state index contributed by atoms with van der Waals surface area (Å²) in [5.74, 6) is -1.01. The predicted octanol–water partition coefficient (Wildman–Crippen LogP) is 0.947. The van der Waals surface area contributed by atoms with E-state index in [0.717, 1.165) is 5.56 Å². The van der Waals surface area contributed by atoms with Crippen LogP contribution in [0.2, 0.25) is 0 Å². The zero-order valence-corrected chi connectivity index (χ0v) is 8.90. The number of amides is 1. The molecule has 0 spiro atoms. The number of carbonyl (C=O) groups excluding carboxylic acids is 1. The first-order valence-electron chi connectivity index (χ1n) is 4.75. The number of hydrogen-bond acceptors (Lipinski definition) is 3. The molecule has 0 aromatic heterocycles. The van der Waals surface area contributed by atoms with Crippen LogP contribution in [0.1, 0.15) is 22.3 Å². The Balaban J connectivity index is 2.74. The molecule has 0 aliphatic rings. The maximum atomic E-state index is 10.7. The topological polar surface area (TPSA) is 89.6 Å². The summed E-state index contributed by atoms with van der Waals surface area (Å²) in [7, 11) is 0. The quantitative estimate of drug-likeness (QED) is 0.777. The van der Waals surface area contributed by atoms with Gasteiger partial charge in [-0.25, -0.2) is 4.79 Å². The highest BCUT2D eigenvalue weighted by atomic mass is 16.5. The van der Waals surface area contributed by atoms with Crippen molar-refractivity contribution >= 4 is 11.9 Å². The summed E-state index contributed by atoms with van der Waals surface area (Å²) in [5.41, 5.74) is 5.93. The van der Waals surface area contributed by atoms with E-state index < -0.39 is 11.9 Å². The van der Waals surface area contributed by atoms with Crippen molar-refractivity contribution in [1.29, 1.82) is 0 Å². The van der Waals surface area contributed by atoms with Gasteiger partial charge in [-0.1, -0.05) is 6.07 Å². The molecular weight excluding hydrogens is 210 g/mol. The van der Waals surface area contributed by atoms with Gasteiger partial charge >= 0.3 is 5.97 Å². The highest BCUT2D eigenvalue weighted by Crippen LogP contribution is 2.19. The lowest BCUT2D eigenvalue weighted by atomic mass is 10.1. The highest BCUT2D eigenvalue weighted by Gasteiger charge is 2.07. The van der Waals surface area contributed by atoms with Crippen molar-refractivity contribution in [3.8, 4) is 5.75 Å². The molecule has 16 heavy (non-hydrogen) atoms. The Kier molecular flexibility index (Phi) is 3.88. The summed E-state index contributed by atoms with van der Waals surface area (Å²) in [4.78, 5) is 21.2. The number of carboxylic acid groups (broad SMARTS) is 1. The fourth-order valence-corrected chi connectivity index (χ4v) is 1.15. The molecule has 0 aliphatic carbocycles. The largest absolute Gasteiger partial charge is 0.493 e. The standard InChI is InChI=1S/C11H13NO4/c1-7-2-3-8(11(14)15)6-9(7)16-5-4-10(12)13/h2-3,6H,4-5H2,1H3,(H2,12,13)(H,14,15). The number of nitrogens with two attached hydrogens (primary N) is 1. The number of hydrogen-bond donors (Lipinski definition) is 2. The van der Waals surface area contributed by atoms with Gasteiger partial charge < -0.3 is 15.6 Å². The van der Waals surface area contributed by atoms with Crippen LogP contribution in [0, 0.1) is 6.92 Å². The van der Waals surface area contributed by atoms with Crippen LogP contribution in [0.5, 0.6) is 5.75 Å². The average molecular weight is 223 g/mol. The van der Waals surface area contributed by atoms with Crippen molar-refractivity contribution in [2.24, 2.45) is 5.73 Å². The number of aryl methyl sites for hydroxylation is 1. The molecule has 0 radical (unpaired) electrons. The molecule has 1 aromatic carbocycles. The lowest BCUT2D eigenvalue weighted by Gasteiger charge is -2.08. The Morgan fingerprint density at radius 2 is 2.12 bits per heavy atom. The monoisotopic (exact) mass is 223 g/mol. The fourth-order valence-electron chi connectivity index (χ4n) is 1.15. The van der Waals surface area contributed by atoms with Gasteiger partial charge in [-0.05, 0) is 24.6 Å². The third-order valence-corrected chi connectivity index (χ3v) is 2.04. The van der Waals surface area contributed by atoms with Crippen LogP contribution in [0.3, 0.4) is 0 Å².